The van der Waals surface area contributed by atoms with Crippen LogP contribution in [0.3, 0.4) is 0 Å². The molecule has 1 fully saturated rings. The van der Waals surface area contributed by atoms with E-state index < -0.39 is 0 Å². The molecular formula is C13H13BrClNO2. The number of imide groups is 1. The Morgan fingerprint density at radius 1 is 1.56 bits per heavy atom. The molecule has 3 nitrogen and oxygen atoms in total. The molecule has 1 saturated heterocycles. The molecule has 0 bridgehead atoms. The fourth-order valence-corrected chi connectivity index (χ4v) is 2.46. The van der Waals surface area contributed by atoms with Crippen LogP contribution in [0.1, 0.15) is 30.1 Å². The zero-order chi connectivity index (χ0) is 13.3. The van der Waals surface area contributed by atoms with Crippen LogP contribution >= 0.6 is 27.5 Å². The molecule has 0 saturated carbocycles. The predicted molar refractivity (Wildman–Crippen MR) is 73.6 cm³/mol. The van der Waals surface area contributed by atoms with Gasteiger partial charge in [-0.3, -0.25) is 14.5 Å². The average molecular weight is 331 g/mol. The maximum Gasteiger partial charge on any atom is 0.260 e. The number of rotatable bonds is 2. The lowest BCUT2D eigenvalue weighted by molar-refractivity contribution is -0.125. The number of hydrogen-bond donors (Lipinski definition) is 0. The van der Waals surface area contributed by atoms with Gasteiger partial charge in [0.2, 0.25) is 5.91 Å². The standard InChI is InChI=1S/C13H13BrClNO2/c1-2-8-5-12(17)16(7-8)13(18)9-3-4-10(14)11(15)6-9/h3-4,6,8H,2,5,7H2,1H3. The minimum absolute atomic E-state index is 0.0918. The van der Waals surface area contributed by atoms with Crippen molar-refractivity contribution < 1.29 is 9.59 Å². The van der Waals surface area contributed by atoms with E-state index in [1.807, 2.05) is 6.92 Å². The average Bonchev–Trinajstić information content (AvgIpc) is 2.73. The fourth-order valence-electron chi connectivity index (χ4n) is 2.04. The van der Waals surface area contributed by atoms with E-state index in [0.29, 0.717) is 23.6 Å². The first-order chi connectivity index (χ1) is 8.52. The lowest BCUT2D eigenvalue weighted by Crippen LogP contribution is -2.32. The molecule has 1 aromatic rings. The highest BCUT2D eigenvalue weighted by Crippen LogP contribution is 2.26. The van der Waals surface area contributed by atoms with Gasteiger partial charge in [0.25, 0.3) is 5.91 Å². The lowest BCUT2D eigenvalue weighted by atomic mass is 10.1. The van der Waals surface area contributed by atoms with Crippen molar-refractivity contribution in [2.24, 2.45) is 5.92 Å². The summed E-state index contributed by atoms with van der Waals surface area (Å²) >= 11 is 9.23. The summed E-state index contributed by atoms with van der Waals surface area (Å²) in [5.74, 6) is -0.0661. The van der Waals surface area contributed by atoms with Crippen LogP contribution in [0.5, 0.6) is 0 Å². The van der Waals surface area contributed by atoms with Crippen LogP contribution in [0.4, 0.5) is 0 Å². The summed E-state index contributed by atoms with van der Waals surface area (Å²) in [5, 5.41) is 0.472. The van der Waals surface area contributed by atoms with Crippen LogP contribution in [-0.4, -0.2) is 23.3 Å². The van der Waals surface area contributed by atoms with Crippen LogP contribution in [0.25, 0.3) is 0 Å². The zero-order valence-corrected chi connectivity index (χ0v) is 12.3. The van der Waals surface area contributed by atoms with Crippen molar-refractivity contribution in [2.75, 3.05) is 6.54 Å². The summed E-state index contributed by atoms with van der Waals surface area (Å²) in [6.45, 7) is 2.55. The minimum atomic E-state index is -0.259. The summed E-state index contributed by atoms with van der Waals surface area (Å²) in [5.41, 5.74) is 0.452. The number of amides is 2. The van der Waals surface area contributed by atoms with Crippen molar-refractivity contribution in [3.63, 3.8) is 0 Å². The van der Waals surface area contributed by atoms with Crippen molar-refractivity contribution in [1.29, 1.82) is 0 Å². The van der Waals surface area contributed by atoms with Gasteiger partial charge < -0.3 is 0 Å². The number of carbonyl (C=O) groups excluding carboxylic acids is 2. The van der Waals surface area contributed by atoms with E-state index in [1.165, 1.54) is 4.90 Å². The molecule has 1 aliphatic rings. The molecule has 0 radical (unpaired) electrons. The number of benzene rings is 1. The number of likely N-dealkylation sites (tertiary alicyclic amines) is 1. The Morgan fingerprint density at radius 2 is 2.28 bits per heavy atom. The van der Waals surface area contributed by atoms with Crippen molar-refractivity contribution in [1.82, 2.24) is 4.90 Å². The van der Waals surface area contributed by atoms with Crippen molar-refractivity contribution in [2.45, 2.75) is 19.8 Å². The largest absolute Gasteiger partial charge is 0.278 e. The summed E-state index contributed by atoms with van der Waals surface area (Å²) in [6, 6.07) is 4.97. The number of hydrogen-bond acceptors (Lipinski definition) is 2. The van der Waals surface area contributed by atoms with Crippen molar-refractivity contribution in [3.8, 4) is 0 Å². The van der Waals surface area contributed by atoms with Crippen LogP contribution in [0.15, 0.2) is 22.7 Å². The second-order valence-corrected chi connectivity index (χ2v) is 5.68. The van der Waals surface area contributed by atoms with Crippen LogP contribution in [0, 0.1) is 5.92 Å². The van der Waals surface area contributed by atoms with Gasteiger partial charge in [-0.25, -0.2) is 0 Å². The van der Waals surface area contributed by atoms with Crippen LogP contribution < -0.4 is 0 Å². The van der Waals surface area contributed by atoms with Gasteiger partial charge in [0.1, 0.15) is 0 Å². The molecule has 1 heterocycles. The van der Waals surface area contributed by atoms with Gasteiger partial charge in [0.05, 0.1) is 5.02 Å². The molecule has 1 unspecified atom stereocenters. The molecule has 1 aromatic carbocycles. The third kappa shape index (κ3) is 2.59. The smallest absolute Gasteiger partial charge is 0.260 e. The Balaban J connectivity index is 2.21. The first-order valence-electron chi connectivity index (χ1n) is 5.82. The van der Waals surface area contributed by atoms with E-state index in [1.54, 1.807) is 18.2 Å². The molecule has 1 atom stereocenters. The highest BCUT2D eigenvalue weighted by molar-refractivity contribution is 9.10. The van der Waals surface area contributed by atoms with E-state index in [2.05, 4.69) is 15.9 Å². The van der Waals surface area contributed by atoms with E-state index in [4.69, 9.17) is 11.6 Å². The summed E-state index contributed by atoms with van der Waals surface area (Å²) in [4.78, 5) is 25.3. The number of halogens is 2. The quantitative estimate of drug-likeness (QED) is 0.778. The first kappa shape index (κ1) is 13.6. The highest BCUT2D eigenvalue weighted by Gasteiger charge is 2.33. The fraction of sp³-hybridized carbons (Fsp3) is 0.385. The summed E-state index contributed by atoms with van der Waals surface area (Å²) in [7, 11) is 0. The number of carbonyl (C=O) groups is 2. The van der Waals surface area contributed by atoms with Gasteiger partial charge in [-0.2, -0.15) is 0 Å². The Hall–Kier alpha value is -0.870. The lowest BCUT2D eigenvalue weighted by Gasteiger charge is -2.14. The van der Waals surface area contributed by atoms with E-state index >= 15 is 0 Å². The molecule has 0 spiro atoms. The Kier molecular flexibility index (Phi) is 4.07. The van der Waals surface area contributed by atoms with E-state index in [0.717, 1.165) is 10.9 Å². The second kappa shape index (κ2) is 5.41. The third-order valence-electron chi connectivity index (χ3n) is 3.19. The first-order valence-corrected chi connectivity index (χ1v) is 6.99. The molecule has 0 aliphatic carbocycles. The predicted octanol–water partition coefficient (Wildman–Crippen LogP) is 3.50. The molecular weight excluding hydrogens is 318 g/mol. The Labute approximate surface area is 119 Å². The minimum Gasteiger partial charge on any atom is -0.278 e. The van der Waals surface area contributed by atoms with Gasteiger partial charge in [-0.05, 0) is 40.0 Å². The molecule has 1 aliphatic heterocycles. The molecule has 0 N–H and O–H groups in total. The second-order valence-electron chi connectivity index (χ2n) is 4.42. The highest BCUT2D eigenvalue weighted by atomic mass is 79.9. The van der Waals surface area contributed by atoms with Crippen molar-refractivity contribution in [3.05, 3.63) is 33.3 Å². The van der Waals surface area contributed by atoms with Gasteiger partial charge in [-0.15, -0.1) is 0 Å². The van der Waals surface area contributed by atoms with Gasteiger partial charge >= 0.3 is 0 Å². The monoisotopic (exact) mass is 329 g/mol. The normalized spacial score (nSPS) is 19.4. The molecule has 18 heavy (non-hydrogen) atoms. The zero-order valence-electron chi connectivity index (χ0n) is 9.95. The third-order valence-corrected chi connectivity index (χ3v) is 4.43. The maximum absolute atomic E-state index is 12.2. The molecule has 5 heteroatoms. The van der Waals surface area contributed by atoms with Gasteiger partial charge in [-0.1, -0.05) is 24.9 Å². The van der Waals surface area contributed by atoms with Gasteiger partial charge in [0.15, 0.2) is 0 Å². The SMILES string of the molecule is CCC1CC(=O)N(C(=O)c2ccc(Br)c(Cl)c2)C1. The molecule has 2 rings (SSSR count). The summed E-state index contributed by atoms with van der Waals surface area (Å²) < 4.78 is 0.736. The molecule has 96 valence electrons. The van der Waals surface area contributed by atoms with Crippen LogP contribution in [-0.2, 0) is 4.79 Å². The molecule has 0 aromatic heterocycles. The van der Waals surface area contributed by atoms with Crippen LogP contribution in [0.2, 0.25) is 5.02 Å². The number of nitrogens with zero attached hydrogens (tertiary/aromatic N) is 1. The summed E-state index contributed by atoms with van der Waals surface area (Å²) in [6.07, 6.45) is 1.38. The van der Waals surface area contributed by atoms with Gasteiger partial charge in [0, 0.05) is 23.0 Å². The van der Waals surface area contributed by atoms with E-state index in [-0.39, 0.29) is 17.7 Å². The topological polar surface area (TPSA) is 37.4 Å². The Morgan fingerprint density at radius 3 is 2.83 bits per heavy atom. The maximum atomic E-state index is 12.2. The van der Waals surface area contributed by atoms with E-state index in [9.17, 15) is 9.59 Å². The Bertz CT molecular complexity index is 504. The molecule has 2 amide bonds. The van der Waals surface area contributed by atoms with Crippen molar-refractivity contribution >= 4 is 39.3 Å².